The van der Waals surface area contributed by atoms with Crippen LogP contribution in [0.2, 0.25) is 0 Å². The van der Waals surface area contributed by atoms with Crippen LogP contribution in [0.25, 0.3) is 0 Å². The third kappa shape index (κ3) is 2.61. The summed E-state index contributed by atoms with van der Waals surface area (Å²) in [5.74, 6) is 0.731. The Morgan fingerprint density at radius 2 is 1.92 bits per heavy atom. The predicted molar refractivity (Wildman–Crippen MR) is 51.5 cm³/mol. The average Bonchev–Trinajstić information content (AvgIpc) is 1.92. The van der Waals surface area contributed by atoms with Crippen molar-refractivity contribution in [3.8, 4) is 0 Å². The summed E-state index contributed by atoms with van der Waals surface area (Å²) in [6.07, 6.45) is 1.86. The lowest BCUT2D eigenvalue weighted by atomic mass is 9.66. The van der Waals surface area contributed by atoms with Crippen molar-refractivity contribution in [3.63, 3.8) is 0 Å². The molecule has 0 aliphatic heterocycles. The minimum absolute atomic E-state index is 0.308. The fraction of sp³-hybridized carbons (Fsp3) is 0.900. The highest BCUT2D eigenvalue weighted by atomic mass is 16.5. The zero-order valence-corrected chi connectivity index (χ0v) is 8.89. The minimum Gasteiger partial charge on any atom is -0.453 e. The summed E-state index contributed by atoms with van der Waals surface area (Å²) in [6.45, 7) is 6.73. The van der Waals surface area contributed by atoms with Crippen LogP contribution in [0.1, 0.15) is 33.6 Å². The highest BCUT2D eigenvalue weighted by molar-refractivity contribution is 5.67. The minimum atomic E-state index is -0.308. The zero-order valence-electron chi connectivity index (χ0n) is 8.89. The maximum atomic E-state index is 10.8. The number of hydrogen-bond acceptors (Lipinski definition) is 2. The number of amides is 1. The van der Waals surface area contributed by atoms with Crippen molar-refractivity contribution in [1.82, 2.24) is 5.32 Å². The molecule has 0 aromatic carbocycles. The van der Waals surface area contributed by atoms with Crippen molar-refractivity contribution >= 4 is 6.09 Å². The van der Waals surface area contributed by atoms with E-state index in [0.29, 0.717) is 11.5 Å². The molecule has 3 nitrogen and oxygen atoms in total. The van der Waals surface area contributed by atoms with E-state index >= 15 is 0 Å². The Morgan fingerprint density at radius 1 is 1.38 bits per heavy atom. The van der Waals surface area contributed by atoms with Crippen LogP contribution >= 0.6 is 0 Å². The summed E-state index contributed by atoms with van der Waals surface area (Å²) in [6, 6.07) is 0.330. The molecule has 76 valence electrons. The van der Waals surface area contributed by atoms with Crippen molar-refractivity contribution in [3.05, 3.63) is 0 Å². The number of carbonyl (C=O) groups is 1. The van der Waals surface area contributed by atoms with Gasteiger partial charge in [0.2, 0.25) is 0 Å². The second-order valence-corrected chi connectivity index (χ2v) is 4.87. The lowest BCUT2D eigenvalue weighted by molar-refractivity contribution is 0.0908. The van der Waals surface area contributed by atoms with Gasteiger partial charge in [-0.15, -0.1) is 0 Å². The Labute approximate surface area is 79.8 Å². The average molecular weight is 185 g/mol. The van der Waals surface area contributed by atoms with Gasteiger partial charge in [0.05, 0.1) is 7.11 Å². The molecule has 1 saturated carbocycles. The van der Waals surface area contributed by atoms with E-state index in [2.05, 4.69) is 30.8 Å². The number of ether oxygens (including phenoxy) is 1. The summed E-state index contributed by atoms with van der Waals surface area (Å²) in [5.41, 5.74) is 0.369. The summed E-state index contributed by atoms with van der Waals surface area (Å²) < 4.78 is 4.53. The fourth-order valence-corrected chi connectivity index (χ4v) is 1.67. The van der Waals surface area contributed by atoms with Crippen LogP contribution < -0.4 is 5.32 Å². The van der Waals surface area contributed by atoms with Crippen molar-refractivity contribution in [2.45, 2.75) is 39.7 Å². The normalized spacial score (nSPS) is 27.7. The van der Waals surface area contributed by atoms with Crippen LogP contribution in [0, 0.1) is 11.3 Å². The van der Waals surface area contributed by atoms with Gasteiger partial charge in [-0.05, 0) is 24.2 Å². The van der Waals surface area contributed by atoms with Gasteiger partial charge in [0.25, 0.3) is 0 Å². The second kappa shape index (κ2) is 3.56. The van der Waals surface area contributed by atoms with E-state index in [9.17, 15) is 4.79 Å². The number of alkyl carbamates (subject to hydrolysis) is 1. The Bertz CT molecular complexity index is 190. The lowest BCUT2D eigenvalue weighted by Gasteiger charge is -2.43. The summed E-state index contributed by atoms with van der Waals surface area (Å²) in [5, 5.41) is 2.81. The maximum Gasteiger partial charge on any atom is 0.407 e. The molecule has 0 heterocycles. The lowest BCUT2D eigenvalue weighted by Crippen LogP contribution is -2.47. The molecule has 0 unspecified atom stereocenters. The first-order valence-electron chi connectivity index (χ1n) is 4.78. The fourth-order valence-electron chi connectivity index (χ4n) is 1.67. The molecule has 1 fully saturated rings. The highest BCUT2D eigenvalue weighted by Gasteiger charge is 2.37. The third-order valence-corrected chi connectivity index (χ3v) is 2.87. The van der Waals surface area contributed by atoms with Gasteiger partial charge in [0.1, 0.15) is 0 Å². The maximum absolute atomic E-state index is 10.8. The van der Waals surface area contributed by atoms with Gasteiger partial charge in [-0.25, -0.2) is 4.79 Å². The van der Waals surface area contributed by atoms with Crippen LogP contribution in [-0.2, 0) is 4.74 Å². The van der Waals surface area contributed by atoms with E-state index < -0.39 is 0 Å². The Balaban J connectivity index is 2.22. The largest absolute Gasteiger partial charge is 0.453 e. The van der Waals surface area contributed by atoms with E-state index in [0.717, 1.165) is 18.8 Å². The topological polar surface area (TPSA) is 38.3 Å². The number of carbonyl (C=O) groups excluding carboxylic acids is 1. The number of nitrogens with one attached hydrogen (secondary N) is 1. The van der Waals surface area contributed by atoms with Crippen molar-refractivity contribution < 1.29 is 9.53 Å². The number of hydrogen-bond donors (Lipinski definition) is 1. The van der Waals surface area contributed by atoms with E-state index in [1.807, 2.05) is 0 Å². The van der Waals surface area contributed by atoms with Gasteiger partial charge in [-0.1, -0.05) is 20.8 Å². The molecule has 13 heavy (non-hydrogen) atoms. The monoisotopic (exact) mass is 185 g/mol. The van der Waals surface area contributed by atoms with Gasteiger partial charge in [0, 0.05) is 6.04 Å². The van der Waals surface area contributed by atoms with Gasteiger partial charge < -0.3 is 10.1 Å². The van der Waals surface area contributed by atoms with Crippen LogP contribution in [0.5, 0.6) is 0 Å². The summed E-state index contributed by atoms with van der Waals surface area (Å²) >= 11 is 0. The van der Waals surface area contributed by atoms with E-state index in [4.69, 9.17) is 0 Å². The second-order valence-electron chi connectivity index (χ2n) is 4.87. The Morgan fingerprint density at radius 3 is 2.31 bits per heavy atom. The predicted octanol–water partition coefficient (Wildman–Crippen LogP) is 2.17. The standard InChI is InChI=1S/C10H19NO2/c1-10(2,3)7-5-8(6-7)11-9(12)13-4/h7-8H,5-6H2,1-4H3,(H,11,12). The molecule has 1 aliphatic rings. The molecule has 0 atom stereocenters. The Hall–Kier alpha value is -0.730. The molecule has 0 spiro atoms. The van der Waals surface area contributed by atoms with E-state index in [1.54, 1.807) is 0 Å². The molecule has 0 bridgehead atoms. The SMILES string of the molecule is COC(=O)NC1CC(C(C)(C)C)C1. The highest BCUT2D eigenvalue weighted by Crippen LogP contribution is 2.41. The first-order valence-corrected chi connectivity index (χ1v) is 4.78. The van der Waals surface area contributed by atoms with Crippen molar-refractivity contribution in [1.29, 1.82) is 0 Å². The Kier molecular flexibility index (Phi) is 2.84. The molecule has 1 N–H and O–H groups in total. The molecular formula is C10H19NO2. The first-order chi connectivity index (χ1) is 5.93. The van der Waals surface area contributed by atoms with E-state index in [1.165, 1.54) is 7.11 Å². The molecule has 0 saturated heterocycles. The summed E-state index contributed by atoms with van der Waals surface area (Å²) in [4.78, 5) is 10.8. The van der Waals surface area contributed by atoms with Crippen LogP contribution in [0.4, 0.5) is 4.79 Å². The quantitative estimate of drug-likeness (QED) is 0.680. The number of methoxy groups -OCH3 is 1. The van der Waals surface area contributed by atoms with Crippen molar-refractivity contribution in [2.24, 2.45) is 11.3 Å². The molecule has 0 aromatic rings. The van der Waals surface area contributed by atoms with Crippen molar-refractivity contribution in [2.75, 3.05) is 7.11 Å². The molecule has 0 radical (unpaired) electrons. The van der Waals surface area contributed by atoms with E-state index in [-0.39, 0.29) is 6.09 Å². The third-order valence-electron chi connectivity index (χ3n) is 2.87. The smallest absolute Gasteiger partial charge is 0.407 e. The first kappa shape index (κ1) is 10.4. The molecule has 1 aliphatic carbocycles. The van der Waals surface area contributed by atoms with Gasteiger partial charge in [-0.3, -0.25) is 0 Å². The van der Waals surface area contributed by atoms with Crippen LogP contribution in [-0.4, -0.2) is 19.2 Å². The number of rotatable bonds is 1. The van der Waals surface area contributed by atoms with Crippen LogP contribution in [0.3, 0.4) is 0 Å². The molecule has 1 rings (SSSR count). The molecule has 0 aromatic heterocycles. The molecule has 3 heteroatoms. The summed E-state index contributed by atoms with van der Waals surface area (Å²) in [7, 11) is 1.40. The molecule has 1 amide bonds. The van der Waals surface area contributed by atoms with Gasteiger partial charge in [-0.2, -0.15) is 0 Å². The molecular weight excluding hydrogens is 166 g/mol. The zero-order chi connectivity index (χ0) is 10.1. The van der Waals surface area contributed by atoms with Gasteiger partial charge in [0.15, 0.2) is 0 Å². The van der Waals surface area contributed by atoms with Gasteiger partial charge >= 0.3 is 6.09 Å². The van der Waals surface area contributed by atoms with Crippen LogP contribution in [0.15, 0.2) is 0 Å².